The van der Waals surface area contributed by atoms with E-state index in [9.17, 15) is 14.4 Å². The van der Waals surface area contributed by atoms with Crippen LogP contribution in [0.3, 0.4) is 0 Å². The standard InChI is InChI=1S/C17H22O6/c1-8(2)13(18)22-16(3,4)15(20)21-12-9-6-10-11(7-9)17(12,5)23-14(10)19/h9-12H,1,6-7H2,2-5H3. The van der Waals surface area contributed by atoms with Crippen LogP contribution in [0.5, 0.6) is 0 Å². The molecule has 1 aliphatic heterocycles. The third kappa shape index (κ3) is 2.26. The first kappa shape index (κ1) is 16.0. The molecule has 0 aromatic carbocycles. The Hall–Kier alpha value is -1.85. The summed E-state index contributed by atoms with van der Waals surface area (Å²) in [5.41, 5.74) is -1.96. The van der Waals surface area contributed by atoms with Crippen LogP contribution in [0.15, 0.2) is 12.2 Å². The molecule has 0 radical (unpaired) electrons. The number of carbonyl (C=O) groups is 3. The van der Waals surface area contributed by atoms with Gasteiger partial charge in [-0.3, -0.25) is 4.79 Å². The van der Waals surface area contributed by atoms with E-state index in [1.54, 1.807) is 0 Å². The van der Waals surface area contributed by atoms with Crippen LogP contribution in [0.25, 0.3) is 0 Å². The number of hydrogen-bond acceptors (Lipinski definition) is 6. The molecular formula is C17H22O6. The van der Waals surface area contributed by atoms with Crippen molar-refractivity contribution in [3.8, 4) is 0 Å². The van der Waals surface area contributed by atoms with E-state index in [0.29, 0.717) is 6.42 Å². The van der Waals surface area contributed by atoms with Crippen molar-refractivity contribution >= 4 is 17.9 Å². The zero-order valence-corrected chi connectivity index (χ0v) is 13.9. The highest BCUT2D eigenvalue weighted by Gasteiger charge is 2.70. The Bertz CT molecular complexity index is 606. The van der Waals surface area contributed by atoms with Crippen LogP contribution in [-0.4, -0.2) is 35.2 Å². The fourth-order valence-electron chi connectivity index (χ4n) is 4.15. The molecule has 2 bridgehead atoms. The molecule has 3 fully saturated rings. The Kier molecular flexibility index (Phi) is 3.36. The highest BCUT2D eigenvalue weighted by Crippen LogP contribution is 2.61. The van der Waals surface area contributed by atoms with Crippen molar-refractivity contribution in [1.29, 1.82) is 0 Å². The van der Waals surface area contributed by atoms with E-state index >= 15 is 0 Å². The van der Waals surface area contributed by atoms with Gasteiger partial charge in [-0.05, 0) is 40.5 Å². The van der Waals surface area contributed by atoms with Gasteiger partial charge in [0.25, 0.3) is 0 Å². The molecule has 0 N–H and O–H groups in total. The molecule has 0 aromatic rings. The summed E-state index contributed by atoms with van der Waals surface area (Å²) in [6, 6.07) is 0. The summed E-state index contributed by atoms with van der Waals surface area (Å²) < 4.78 is 16.3. The zero-order chi connectivity index (χ0) is 17.2. The monoisotopic (exact) mass is 322 g/mol. The fourth-order valence-corrected chi connectivity index (χ4v) is 4.15. The van der Waals surface area contributed by atoms with Crippen LogP contribution in [0.4, 0.5) is 0 Å². The Morgan fingerprint density at radius 1 is 1.35 bits per heavy atom. The van der Waals surface area contributed by atoms with Crippen molar-refractivity contribution in [3.05, 3.63) is 12.2 Å². The minimum absolute atomic E-state index is 0.0609. The molecule has 5 atom stereocenters. The summed E-state index contributed by atoms with van der Waals surface area (Å²) in [6.07, 6.45) is 1.05. The van der Waals surface area contributed by atoms with Crippen LogP contribution in [0.2, 0.25) is 0 Å². The summed E-state index contributed by atoms with van der Waals surface area (Å²) >= 11 is 0. The molecule has 1 saturated heterocycles. The first-order chi connectivity index (χ1) is 10.6. The van der Waals surface area contributed by atoms with Gasteiger partial charge in [-0.1, -0.05) is 6.58 Å². The smallest absolute Gasteiger partial charge is 0.350 e. The lowest BCUT2D eigenvalue weighted by atomic mass is 9.79. The third-order valence-electron chi connectivity index (χ3n) is 5.37. The van der Waals surface area contributed by atoms with Gasteiger partial charge in [0.2, 0.25) is 5.60 Å². The number of ether oxygens (including phenoxy) is 3. The van der Waals surface area contributed by atoms with Gasteiger partial charge in [0.15, 0.2) is 0 Å². The molecule has 0 spiro atoms. The van der Waals surface area contributed by atoms with E-state index in [1.165, 1.54) is 20.8 Å². The molecule has 5 unspecified atom stereocenters. The Morgan fingerprint density at radius 3 is 2.61 bits per heavy atom. The second-order valence-corrected chi connectivity index (χ2v) is 7.56. The van der Waals surface area contributed by atoms with E-state index in [4.69, 9.17) is 14.2 Å². The maximum absolute atomic E-state index is 12.5. The van der Waals surface area contributed by atoms with Gasteiger partial charge in [0, 0.05) is 17.4 Å². The average molecular weight is 322 g/mol. The number of rotatable bonds is 4. The normalized spacial score (nSPS) is 37.5. The highest BCUT2D eigenvalue weighted by atomic mass is 16.6. The minimum Gasteiger partial charge on any atom is -0.455 e. The maximum atomic E-state index is 12.5. The second kappa shape index (κ2) is 4.82. The van der Waals surface area contributed by atoms with Crippen LogP contribution in [0, 0.1) is 17.8 Å². The van der Waals surface area contributed by atoms with Crippen LogP contribution < -0.4 is 0 Å². The maximum Gasteiger partial charge on any atom is 0.350 e. The summed E-state index contributed by atoms with van der Waals surface area (Å²) in [7, 11) is 0. The summed E-state index contributed by atoms with van der Waals surface area (Å²) in [5.74, 6) is -1.29. The predicted molar refractivity (Wildman–Crippen MR) is 79.1 cm³/mol. The quantitative estimate of drug-likeness (QED) is 0.446. The molecule has 3 rings (SSSR count). The van der Waals surface area contributed by atoms with Gasteiger partial charge in [0.1, 0.15) is 11.7 Å². The van der Waals surface area contributed by atoms with Gasteiger partial charge in [-0.2, -0.15) is 0 Å². The lowest BCUT2D eigenvalue weighted by molar-refractivity contribution is -0.193. The first-order valence-corrected chi connectivity index (χ1v) is 7.89. The van der Waals surface area contributed by atoms with Crippen LogP contribution >= 0.6 is 0 Å². The minimum atomic E-state index is -1.42. The molecule has 23 heavy (non-hydrogen) atoms. The van der Waals surface area contributed by atoms with Gasteiger partial charge in [-0.15, -0.1) is 0 Å². The van der Waals surface area contributed by atoms with Gasteiger partial charge >= 0.3 is 17.9 Å². The molecule has 2 aliphatic carbocycles. The largest absolute Gasteiger partial charge is 0.455 e. The molecule has 6 nitrogen and oxygen atoms in total. The molecule has 3 aliphatic rings. The van der Waals surface area contributed by atoms with Crippen LogP contribution in [-0.2, 0) is 28.6 Å². The predicted octanol–water partition coefficient (Wildman–Crippen LogP) is 1.77. The van der Waals surface area contributed by atoms with Crippen molar-refractivity contribution in [1.82, 2.24) is 0 Å². The van der Waals surface area contributed by atoms with Crippen molar-refractivity contribution in [2.24, 2.45) is 17.8 Å². The summed E-state index contributed by atoms with van der Waals surface area (Å²) in [4.78, 5) is 36.1. The molecule has 126 valence electrons. The topological polar surface area (TPSA) is 78.9 Å². The number of carbonyl (C=O) groups excluding carboxylic acids is 3. The Morgan fingerprint density at radius 2 is 2.00 bits per heavy atom. The molecule has 0 aromatic heterocycles. The lowest BCUT2D eigenvalue weighted by Gasteiger charge is -2.36. The third-order valence-corrected chi connectivity index (χ3v) is 5.37. The van der Waals surface area contributed by atoms with Crippen LogP contribution in [0.1, 0.15) is 40.5 Å². The molecule has 1 heterocycles. The number of fused-ring (bicyclic) bond motifs is 1. The first-order valence-electron chi connectivity index (χ1n) is 7.89. The Labute approximate surface area is 135 Å². The lowest BCUT2D eigenvalue weighted by Crippen LogP contribution is -2.50. The van der Waals surface area contributed by atoms with Gasteiger partial charge in [-0.25, -0.2) is 9.59 Å². The van der Waals surface area contributed by atoms with E-state index < -0.39 is 29.2 Å². The van der Waals surface area contributed by atoms with E-state index in [-0.39, 0.29) is 29.3 Å². The van der Waals surface area contributed by atoms with Gasteiger partial charge < -0.3 is 14.2 Å². The Balaban J connectivity index is 1.73. The number of hydrogen-bond donors (Lipinski definition) is 0. The van der Waals surface area contributed by atoms with Crippen molar-refractivity contribution < 1.29 is 28.6 Å². The molecular weight excluding hydrogens is 300 g/mol. The number of esters is 3. The SMILES string of the molecule is C=C(C)C(=O)OC(C)(C)C(=O)OC1C2CC3C(=O)OC1(C)C3C2. The van der Waals surface area contributed by atoms with E-state index in [1.807, 2.05) is 6.92 Å². The molecule has 6 heteroatoms. The highest BCUT2D eigenvalue weighted by molar-refractivity contribution is 5.90. The molecule has 0 amide bonds. The van der Waals surface area contributed by atoms with Crippen molar-refractivity contribution in [2.75, 3.05) is 0 Å². The van der Waals surface area contributed by atoms with Gasteiger partial charge in [0.05, 0.1) is 5.92 Å². The average Bonchev–Trinajstić information content (AvgIpc) is 3.01. The van der Waals surface area contributed by atoms with Crippen molar-refractivity contribution in [3.63, 3.8) is 0 Å². The van der Waals surface area contributed by atoms with Crippen molar-refractivity contribution in [2.45, 2.75) is 57.8 Å². The molecule has 2 saturated carbocycles. The second-order valence-electron chi connectivity index (χ2n) is 7.56. The fraction of sp³-hybridized carbons (Fsp3) is 0.706. The summed E-state index contributed by atoms with van der Waals surface area (Å²) in [5, 5.41) is 0. The van der Waals surface area contributed by atoms with E-state index in [0.717, 1.165) is 6.42 Å². The summed E-state index contributed by atoms with van der Waals surface area (Å²) in [6.45, 7) is 9.81. The van der Waals surface area contributed by atoms with E-state index in [2.05, 4.69) is 6.58 Å². The zero-order valence-electron chi connectivity index (χ0n) is 13.9.